The number of carbonyl (C=O) groups is 1. The highest BCUT2D eigenvalue weighted by Crippen LogP contribution is 2.31. The average Bonchev–Trinajstić information content (AvgIpc) is 2.37. The van der Waals surface area contributed by atoms with Crippen LogP contribution in [0.5, 0.6) is 0 Å². The van der Waals surface area contributed by atoms with E-state index in [0.717, 1.165) is 37.7 Å². The number of benzene rings is 1. The third-order valence-corrected chi connectivity index (χ3v) is 4.18. The van der Waals surface area contributed by atoms with E-state index >= 15 is 0 Å². The van der Waals surface area contributed by atoms with Crippen LogP contribution in [0.3, 0.4) is 0 Å². The van der Waals surface area contributed by atoms with Crippen molar-refractivity contribution in [2.45, 2.75) is 45.4 Å². The van der Waals surface area contributed by atoms with Crippen LogP contribution in [0, 0.1) is 23.5 Å². The highest BCUT2D eigenvalue weighted by molar-refractivity contribution is 5.83. The molecule has 1 saturated carbocycles. The molecule has 0 saturated heterocycles. The molecule has 1 aliphatic carbocycles. The molecule has 3 heteroatoms. The first kappa shape index (κ1) is 14.2. The van der Waals surface area contributed by atoms with Gasteiger partial charge in [-0.1, -0.05) is 13.3 Å². The number of ketones is 1. The zero-order valence-corrected chi connectivity index (χ0v) is 11.3. The van der Waals surface area contributed by atoms with E-state index in [0.29, 0.717) is 5.56 Å². The molecule has 1 fully saturated rings. The van der Waals surface area contributed by atoms with Gasteiger partial charge < -0.3 is 0 Å². The van der Waals surface area contributed by atoms with E-state index < -0.39 is 11.6 Å². The Morgan fingerprint density at radius 2 is 1.68 bits per heavy atom. The lowest BCUT2D eigenvalue weighted by Gasteiger charge is -2.26. The lowest BCUT2D eigenvalue weighted by molar-refractivity contribution is -0.123. The van der Waals surface area contributed by atoms with Crippen molar-refractivity contribution in [3.63, 3.8) is 0 Å². The SMILES string of the molecule is CCC1CCC(C(=O)Cc2cc(F)cc(F)c2)CC1. The highest BCUT2D eigenvalue weighted by atomic mass is 19.1. The van der Waals surface area contributed by atoms with E-state index in [9.17, 15) is 13.6 Å². The summed E-state index contributed by atoms with van der Waals surface area (Å²) in [7, 11) is 0. The number of hydrogen-bond acceptors (Lipinski definition) is 1. The fourth-order valence-electron chi connectivity index (χ4n) is 2.95. The van der Waals surface area contributed by atoms with Crippen LogP contribution >= 0.6 is 0 Å². The minimum atomic E-state index is -0.613. The molecule has 1 aromatic rings. The molecule has 0 aliphatic heterocycles. The normalized spacial score (nSPS) is 23.3. The topological polar surface area (TPSA) is 17.1 Å². The van der Waals surface area contributed by atoms with Gasteiger partial charge in [0.2, 0.25) is 0 Å². The molecule has 0 atom stereocenters. The van der Waals surface area contributed by atoms with Crippen molar-refractivity contribution in [1.82, 2.24) is 0 Å². The molecule has 19 heavy (non-hydrogen) atoms. The molecule has 0 spiro atoms. The Balaban J connectivity index is 1.94. The number of carbonyl (C=O) groups excluding carboxylic acids is 1. The van der Waals surface area contributed by atoms with Gasteiger partial charge >= 0.3 is 0 Å². The zero-order chi connectivity index (χ0) is 13.8. The Morgan fingerprint density at radius 1 is 1.11 bits per heavy atom. The second-order valence-electron chi connectivity index (χ2n) is 5.55. The summed E-state index contributed by atoms with van der Waals surface area (Å²) < 4.78 is 26.1. The molecule has 0 N–H and O–H groups in total. The van der Waals surface area contributed by atoms with Gasteiger partial charge in [0.25, 0.3) is 0 Å². The largest absolute Gasteiger partial charge is 0.299 e. The Hall–Kier alpha value is -1.25. The van der Waals surface area contributed by atoms with Crippen LogP contribution in [-0.4, -0.2) is 5.78 Å². The second-order valence-corrected chi connectivity index (χ2v) is 5.55. The molecule has 0 amide bonds. The van der Waals surface area contributed by atoms with Crippen molar-refractivity contribution >= 4 is 5.78 Å². The maximum Gasteiger partial charge on any atom is 0.140 e. The van der Waals surface area contributed by atoms with Crippen LogP contribution < -0.4 is 0 Å². The lowest BCUT2D eigenvalue weighted by atomic mass is 9.78. The van der Waals surface area contributed by atoms with Crippen LogP contribution in [0.4, 0.5) is 8.78 Å². The van der Waals surface area contributed by atoms with Crippen molar-refractivity contribution in [2.24, 2.45) is 11.8 Å². The van der Waals surface area contributed by atoms with Crippen molar-refractivity contribution in [2.75, 3.05) is 0 Å². The minimum Gasteiger partial charge on any atom is -0.299 e. The van der Waals surface area contributed by atoms with E-state index in [2.05, 4.69) is 6.92 Å². The summed E-state index contributed by atoms with van der Waals surface area (Å²) in [6.07, 6.45) is 5.38. The number of halogens is 2. The molecule has 0 heterocycles. The standard InChI is InChI=1S/C16H20F2O/c1-2-11-3-5-13(6-4-11)16(19)9-12-7-14(17)10-15(18)8-12/h7-8,10-11,13H,2-6,9H2,1H3. The van der Waals surface area contributed by atoms with Crippen molar-refractivity contribution in [3.05, 3.63) is 35.4 Å². The van der Waals surface area contributed by atoms with E-state index in [1.54, 1.807) is 0 Å². The van der Waals surface area contributed by atoms with Crippen LogP contribution in [0.15, 0.2) is 18.2 Å². The van der Waals surface area contributed by atoms with Crippen LogP contribution in [0.25, 0.3) is 0 Å². The smallest absolute Gasteiger partial charge is 0.140 e. The molecular formula is C16H20F2O. The first-order valence-electron chi connectivity index (χ1n) is 7.06. The van der Waals surface area contributed by atoms with Crippen LogP contribution in [0.2, 0.25) is 0 Å². The summed E-state index contributed by atoms with van der Waals surface area (Å²) in [6, 6.07) is 3.33. The zero-order valence-electron chi connectivity index (χ0n) is 11.3. The van der Waals surface area contributed by atoms with Gasteiger partial charge in [0.05, 0.1) is 0 Å². The lowest BCUT2D eigenvalue weighted by Crippen LogP contribution is -2.23. The van der Waals surface area contributed by atoms with Crippen molar-refractivity contribution in [3.8, 4) is 0 Å². The minimum absolute atomic E-state index is 0.0779. The van der Waals surface area contributed by atoms with Gasteiger partial charge in [-0.2, -0.15) is 0 Å². The van der Waals surface area contributed by atoms with Gasteiger partial charge in [-0.25, -0.2) is 8.78 Å². The van der Waals surface area contributed by atoms with E-state index in [1.807, 2.05) is 0 Å². The summed E-state index contributed by atoms with van der Waals surface area (Å²) in [5, 5.41) is 0. The average molecular weight is 266 g/mol. The molecule has 2 rings (SSSR count). The van der Waals surface area contributed by atoms with E-state index in [1.165, 1.54) is 18.6 Å². The maximum atomic E-state index is 13.1. The third kappa shape index (κ3) is 3.85. The predicted molar refractivity (Wildman–Crippen MR) is 70.8 cm³/mol. The number of rotatable bonds is 4. The third-order valence-electron chi connectivity index (χ3n) is 4.18. The summed E-state index contributed by atoms with van der Waals surface area (Å²) in [6.45, 7) is 2.18. The second kappa shape index (κ2) is 6.27. The number of Topliss-reactive ketones (excluding diaryl/α,β-unsaturated/α-hetero) is 1. The highest BCUT2D eigenvalue weighted by Gasteiger charge is 2.25. The summed E-state index contributed by atoms with van der Waals surface area (Å²) in [4.78, 5) is 12.1. The first-order chi connectivity index (χ1) is 9.08. The fraction of sp³-hybridized carbons (Fsp3) is 0.562. The van der Waals surface area contributed by atoms with Gasteiger partial charge in [0, 0.05) is 18.4 Å². The Bertz CT molecular complexity index is 428. The predicted octanol–water partition coefficient (Wildman–Crippen LogP) is 4.29. The molecular weight excluding hydrogens is 246 g/mol. The van der Waals surface area contributed by atoms with E-state index in [4.69, 9.17) is 0 Å². The van der Waals surface area contributed by atoms with Gasteiger partial charge in [0.1, 0.15) is 17.4 Å². The molecule has 0 aromatic heterocycles. The molecule has 0 radical (unpaired) electrons. The van der Waals surface area contributed by atoms with Gasteiger partial charge in [-0.05, 0) is 49.3 Å². The number of hydrogen-bond donors (Lipinski definition) is 0. The first-order valence-corrected chi connectivity index (χ1v) is 7.06. The van der Waals surface area contributed by atoms with Crippen LogP contribution in [-0.2, 0) is 11.2 Å². The van der Waals surface area contributed by atoms with Gasteiger partial charge in [-0.15, -0.1) is 0 Å². The molecule has 0 bridgehead atoms. The molecule has 104 valence electrons. The summed E-state index contributed by atoms with van der Waals surface area (Å²) >= 11 is 0. The fourth-order valence-corrected chi connectivity index (χ4v) is 2.95. The van der Waals surface area contributed by atoms with Crippen molar-refractivity contribution in [1.29, 1.82) is 0 Å². The summed E-state index contributed by atoms with van der Waals surface area (Å²) in [5.41, 5.74) is 0.445. The molecule has 1 nitrogen and oxygen atoms in total. The quantitative estimate of drug-likeness (QED) is 0.794. The van der Waals surface area contributed by atoms with Gasteiger partial charge in [-0.3, -0.25) is 4.79 Å². The Kier molecular flexibility index (Phi) is 4.67. The van der Waals surface area contributed by atoms with Crippen molar-refractivity contribution < 1.29 is 13.6 Å². The van der Waals surface area contributed by atoms with Crippen LogP contribution in [0.1, 0.15) is 44.6 Å². The molecule has 1 aliphatic rings. The maximum absolute atomic E-state index is 13.1. The monoisotopic (exact) mass is 266 g/mol. The van der Waals surface area contributed by atoms with Gasteiger partial charge in [0.15, 0.2) is 0 Å². The Labute approximate surface area is 113 Å². The molecule has 0 unspecified atom stereocenters. The summed E-state index contributed by atoms with van der Waals surface area (Å²) in [5.74, 6) is -0.278. The Morgan fingerprint density at radius 3 is 2.21 bits per heavy atom. The van der Waals surface area contributed by atoms with E-state index in [-0.39, 0.29) is 18.1 Å². The molecule has 1 aromatic carbocycles.